The molecule has 2 rings (SSSR count). The number of methoxy groups -OCH3 is 1. The number of ether oxygens (including phenoxy) is 2. The van der Waals surface area contributed by atoms with E-state index in [9.17, 15) is 14.9 Å². The lowest BCUT2D eigenvalue weighted by molar-refractivity contribution is -0.148. The molecule has 0 fully saturated rings. The standard InChI is InChI=1S/C20H23N3O4S/c1-13(2)20(3,12-21)23-17(24)10-27-18(25)9-15-11-28-19(22-15)14-5-7-16(26-4)8-6-14/h5-8,11,13H,9-10H2,1-4H3,(H,23,24)/t20-/m0/s1. The zero-order valence-corrected chi connectivity index (χ0v) is 17.1. The van der Waals surface area contributed by atoms with Gasteiger partial charge in [0.2, 0.25) is 0 Å². The second-order valence-corrected chi connectivity index (χ2v) is 7.59. The number of hydrogen-bond donors (Lipinski definition) is 1. The van der Waals surface area contributed by atoms with Gasteiger partial charge >= 0.3 is 5.97 Å². The summed E-state index contributed by atoms with van der Waals surface area (Å²) in [4.78, 5) is 28.4. The molecule has 1 atom stereocenters. The molecule has 0 unspecified atom stereocenters. The Kier molecular flexibility index (Phi) is 7.12. The Hall–Kier alpha value is -2.92. The fourth-order valence-corrected chi connectivity index (χ4v) is 3.05. The van der Waals surface area contributed by atoms with Crippen LogP contribution < -0.4 is 10.1 Å². The van der Waals surface area contributed by atoms with E-state index in [2.05, 4.69) is 16.4 Å². The monoisotopic (exact) mass is 401 g/mol. The molecule has 148 valence electrons. The molecule has 1 N–H and O–H groups in total. The van der Waals surface area contributed by atoms with E-state index in [1.807, 2.05) is 38.1 Å². The van der Waals surface area contributed by atoms with Gasteiger partial charge in [0.05, 0.1) is 25.3 Å². The zero-order valence-electron chi connectivity index (χ0n) is 16.3. The SMILES string of the molecule is COc1ccc(-c2nc(CC(=O)OCC(=O)N[C@@](C)(C#N)C(C)C)cs2)cc1. The van der Waals surface area contributed by atoms with Crippen molar-refractivity contribution in [2.45, 2.75) is 32.7 Å². The molecule has 0 saturated carbocycles. The number of nitriles is 1. The van der Waals surface area contributed by atoms with Gasteiger partial charge in [0.15, 0.2) is 6.61 Å². The topological polar surface area (TPSA) is 101 Å². The smallest absolute Gasteiger partial charge is 0.312 e. The van der Waals surface area contributed by atoms with Gasteiger partial charge in [0, 0.05) is 10.9 Å². The number of hydrogen-bond acceptors (Lipinski definition) is 7. The predicted molar refractivity (Wildman–Crippen MR) is 106 cm³/mol. The van der Waals surface area contributed by atoms with Crippen LogP contribution in [-0.2, 0) is 20.7 Å². The van der Waals surface area contributed by atoms with E-state index in [4.69, 9.17) is 9.47 Å². The molecular weight excluding hydrogens is 378 g/mol. The van der Waals surface area contributed by atoms with Crippen LogP contribution >= 0.6 is 11.3 Å². The number of rotatable bonds is 8. The van der Waals surface area contributed by atoms with E-state index in [-0.39, 0.29) is 12.3 Å². The Morgan fingerprint density at radius 2 is 2.00 bits per heavy atom. The van der Waals surface area contributed by atoms with Crippen molar-refractivity contribution in [1.82, 2.24) is 10.3 Å². The van der Waals surface area contributed by atoms with E-state index in [0.29, 0.717) is 5.69 Å². The Morgan fingerprint density at radius 1 is 1.32 bits per heavy atom. The highest BCUT2D eigenvalue weighted by Crippen LogP contribution is 2.26. The van der Waals surface area contributed by atoms with Crippen molar-refractivity contribution in [2.75, 3.05) is 13.7 Å². The van der Waals surface area contributed by atoms with E-state index in [0.717, 1.165) is 16.3 Å². The molecule has 1 amide bonds. The van der Waals surface area contributed by atoms with Crippen LogP contribution in [0.25, 0.3) is 10.6 Å². The van der Waals surface area contributed by atoms with Crippen LogP contribution in [0.2, 0.25) is 0 Å². The second-order valence-electron chi connectivity index (χ2n) is 6.73. The van der Waals surface area contributed by atoms with Crippen molar-refractivity contribution in [3.63, 3.8) is 0 Å². The fourth-order valence-electron chi connectivity index (χ4n) is 2.23. The molecule has 0 spiro atoms. The normalized spacial score (nSPS) is 12.7. The first-order chi connectivity index (χ1) is 13.3. The highest BCUT2D eigenvalue weighted by Gasteiger charge is 2.30. The lowest BCUT2D eigenvalue weighted by Gasteiger charge is -2.27. The Bertz CT molecular complexity index is 870. The molecule has 1 aromatic carbocycles. The number of nitrogens with zero attached hydrogens (tertiary/aromatic N) is 2. The number of aromatic nitrogens is 1. The maximum atomic E-state index is 12.0. The third-order valence-electron chi connectivity index (χ3n) is 4.36. The fraction of sp³-hybridized carbons (Fsp3) is 0.400. The first-order valence-corrected chi connectivity index (χ1v) is 9.62. The van der Waals surface area contributed by atoms with E-state index < -0.39 is 24.0 Å². The molecule has 0 radical (unpaired) electrons. The summed E-state index contributed by atoms with van der Waals surface area (Å²) in [6.07, 6.45) is -0.0281. The van der Waals surface area contributed by atoms with Crippen LogP contribution in [0.3, 0.4) is 0 Å². The summed E-state index contributed by atoms with van der Waals surface area (Å²) in [5.41, 5.74) is 0.491. The number of benzene rings is 1. The average molecular weight is 401 g/mol. The third-order valence-corrected chi connectivity index (χ3v) is 5.30. The molecule has 0 saturated heterocycles. The summed E-state index contributed by atoms with van der Waals surface area (Å²) in [6, 6.07) is 9.55. The number of carbonyl (C=O) groups excluding carboxylic acids is 2. The predicted octanol–water partition coefficient (Wildman–Crippen LogP) is 2.96. The lowest BCUT2D eigenvalue weighted by Crippen LogP contribution is -2.50. The maximum Gasteiger partial charge on any atom is 0.312 e. The van der Waals surface area contributed by atoms with Gasteiger partial charge in [-0.2, -0.15) is 5.26 Å². The summed E-state index contributed by atoms with van der Waals surface area (Å²) in [5.74, 6) is -0.385. The van der Waals surface area contributed by atoms with Gasteiger partial charge < -0.3 is 14.8 Å². The zero-order chi connectivity index (χ0) is 20.7. The Balaban J connectivity index is 1.87. The van der Waals surface area contributed by atoms with Crippen molar-refractivity contribution < 1.29 is 19.1 Å². The number of thiazole rings is 1. The summed E-state index contributed by atoms with van der Waals surface area (Å²) >= 11 is 1.42. The van der Waals surface area contributed by atoms with Crippen molar-refractivity contribution in [3.05, 3.63) is 35.3 Å². The van der Waals surface area contributed by atoms with Gasteiger partial charge in [-0.05, 0) is 37.1 Å². The van der Waals surface area contributed by atoms with Gasteiger partial charge in [-0.15, -0.1) is 11.3 Å². The molecule has 0 aliphatic carbocycles. The van der Waals surface area contributed by atoms with Gasteiger partial charge in [0.25, 0.3) is 5.91 Å². The van der Waals surface area contributed by atoms with Crippen molar-refractivity contribution >= 4 is 23.2 Å². The molecule has 2 aromatic rings. The van der Waals surface area contributed by atoms with Crippen LogP contribution in [0.1, 0.15) is 26.5 Å². The molecule has 1 aromatic heterocycles. The van der Waals surface area contributed by atoms with Crippen molar-refractivity contribution in [2.24, 2.45) is 5.92 Å². The van der Waals surface area contributed by atoms with Crippen molar-refractivity contribution in [3.8, 4) is 22.4 Å². The molecule has 28 heavy (non-hydrogen) atoms. The molecule has 0 bridgehead atoms. The van der Waals surface area contributed by atoms with Crippen LogP contribution in [0.4, 0.5) is 0 Å². The number of carbonyl (C=O) groups is 2. The quantitative estimate of drug-likeness (QED) is 0.683. The van der Waals surface area contributed by atoms with Gasteiger partial charge in [-0.25, -0.2) is 4.98 Å². The largest absolute Gasteiger partial charge is 0.497 e. The summed E-state index contributed by atoms with van der Waals surface area (Å²) < 4.78 is 10.1. The van der Waals surface area contributed by atoms with E-state index in [1.54, 1.807) is 19.4 Å². The Labute approximate surface area is 168 Å². The third kappa shape index (κ3) is 5.54. The second kappa shape index (κ2) is 9.33. The summed E-state index contributed by atoms with van der Waals surface area (Å²) in [6.45, 7) is 4.86. The van der Waals surface area contributed by atoms with E-state index in [1.165, 1.54) is 11.3 Å². The first kappa shape index (κ1) is 21.4. The van der Waals surface area contributed by atoms with Crippen molar-refractivity contribution in [1.29, 1.82) is 5.26 Å². The average Bonchev–Trinajstić information content (AvgIpc) is 3.14. The number of esters is 1. The molecule has 0 aliphatic rings. The minimum absolute atomic E-state index is 0.0281. The molecule has 7 nitrogen and oxygen atoms in total. The lowest BCUT2D eigenvalue weighted by atomic mass is 9.90. The molecule has 1 heterocycles. The maximum absolute atomic E-state index is 12.0. The van der Waals surface area contributed by atoms with E-state index >= 15 is 0 Å². The number of amides is 1. The van der Waals surface area contributed by atoms with Gasteiger partial charge in [-0.1, -0.05) is 13.8 Å². The highest BCUT2D eigenvalue weighted by molar-refractivity contribution is 7.13. The Morgan fingerprint density at radius 3 is 2.57 bits per heavy atom. The highest BCUT2D eigenvalue weighted by atomic mass is 32.1. The summed E-state index contributed by atoms with van der Waals surface area (Å²) in [5, 5.41) is 14.4. The van der Waals surface area contributed by atoms with Crippen LogP contribution in [0.5, 0.6) is 5.75 Å². The molecule has 0 aliphatic heterocycles. The van der Waals surface area contributed by atoms with Gasteiger partial charge in [0.1, 0.15) is 16.3 Å². The minimum atomic E-state index is -1.01. The first-order valence-electron chi connectivity index (χ1n) is 8.74. The summed E-state index contributed by atoms with van der Waals surface area (Å²) in [7, 11) is 1.60. The number of nitrogens with one attached hydrogen (secondary N) is 1. The van der Waals surface area contributed by atoms with Crippen LogP contribution in [0, 0.1) is 17.2 Å². The molecular formula is C20H23N3O4S. The van der Waals surface area contributed by atoms with Gasteiger partial charge in [-0.3, -0.25) is 9.59 Å². The minimum Gasteiger partial charge on any atom is -0.497 e. The van der Waals surface area contributed by atoms with Crippen LogP contribution in [-0.4, -0.2) is 36.1 Å². The molecule has 8 heteroatoms. The van der Waals surface area contributed by atoms with Crippen LogP contribution in [0.15, 0.2) is 29.6 Å².